The second-order valence-electron chi connectivity index (χ2n) is 11.2. The van der Waals surface area contributed by atoms with Gasteiger partial charge in [-0.15, -0.1) is 0 Å². The molecule has 1 saturated heterocycles. The highest BCUT2D eigenvalue weighted by atomic mass is 16.6. The number of hydrogen-bond donors (Lipinski definition) is 2. The first-order valence-electron chi connectivity index (χ1n) is 14.6. The molecule has 1 atom stereocenters. The predicted octanol–water partition coefficient (Wildman–Crippen LogP) is 5.02. The molecule has 2 amide bonds. The van der Waals surface area contributed by atoms with Gasteiger partial charge in [0.25, 0.3) is 5.69 Å². The summed E-state index contributed by atoms with van der Waals surface area (Å²) in [6.45, 7) is 7.68. The van der Waals surface area contributed by atoms with Gasteiger partial charge >= 0.3 is 0 Å². The van der Waals surface area contributed by atoms with E-state index in [0.717, 1.165) is 67.0 Å². The first kappa shape index (κ1) is 28.8. The van der Waals surface area contributed by atoms with Crippen LogP contribution in [0, 0.1) is 22.0 Å². The van der Waals surface area contributed by atoms with Gasteiger partial charge in [0.2, 0.25) is 12.8 Å². The molecule has 2 fully saturated rings. The van der Waals surface area contributed by atoms with Gasteiger partial charge in [-0.1, -0.05) is 51.2 Å². The molecule has 1 aromatic rings. The van der Waals surface area contributed by atoms with Gasteiger partial charge in [0, 0.05) is 30.1 Å². The van der Waals surface area contributed by atoms with E-state index in [2.05, 4.69) is 15.5 Å². The van der Waals surface area contributed by atoms with Crippen molar-refractivity contribution in [2.24, 2.45) is 11.8 Å². The Morgan fingerprint density at radius 3 is 2.33 bits per heavy atom. The second-order valence-corrected chi connectivity index (χ2v) is 11.2. The number of nitrogens with zero attached hydrogens (tertiary/aromatic N) is 3. The van der Waals surface area contributed by atoms with Crippen molar-refractivity contribution in [1.29, 1.82) is 0 Å². The molecule has 1 aromatic carbocycles. The van der Waals surface area contributed by atoms with Crippen molar-refractivity contribution in [3.63, 3.8) is 0 Å². The summed E-state index contributed by atoms with van der Waals surface area (Å²) in [5.41, 5.74) is 3.91. The zero-order valence-corrected chi connectivity index (χ0v) is 23.4. The third kappa shape index (κ3) is 6.87. The number of allylic oxidation sites excluding steroid dienone is 2. The Kier molecular flexibility index (Phi) is 10.1. The van der Waals surface area contributed by atoms with E-state index in [-0.39, 0.29) is 5.69 Å². The van der Waals surface area contributed by atoms with Crippen LogP contribution in [0.2, 0.25) is 0 Å². The lowest BCUT2D eigenvalue weighted by atomic mass is 9.76. The minimum atomic E-state index is -0.429. The Morgan fingerprint density at radius 2 is 1.74 bits per heavy atom. The fourth-order valence-electron chi connectivity index (χ4n) is 6.81. The van der Waals surface area contributed by atoms with Gasteiger partial charge < -0.3 is 20.4 Å². The van der Waals surface area contributed by atoms with E-state index in [4.69, 9.17) is 0 Å². The summed E-state index contributed by atoms with van der Waals surface area (Å²) in [6.07, 6.45) is 12.6. The van der Waals surface area contributed by atoms with Crippen LogP contribution in [0.25, 0.3) is 0 Å². The summed E-state index contributed by atoms with van der Waals surface area (Å²) >= 11 is 0. The van der Waals surface area contributed by atoms with Gasteiger partial charge in [0.15, 0.2) is 0 Å². The quantitative estimate of drug-likeness (QED) is 0.220. The summed E-state index contributed by atoms with van der Waals surface area (Å²) in [7, 11) is 0. The molecular formula is C30H43N5O4. The number of amides is 2. The molecule has 39 heavy (non-hydrogen) atoms. The molecule has 0 radical (unpaired) electrons. The average Bonchev–Trinajstić information content (AvgIpc) is 2.97. The number of rotatable bonds is 12. The Hall–Kier alpha value is -3.20. The van der Waals surface area contributed by atoms with Crippen molar-refractivity contribution < 1.29 is 14.5 Å². The van der Waals surface area contributed by atoms with Crippen molar-refractivity contribution in [1.82, 2.24) is 20.4 Å². The highest BCUT2D eigenvalue weighted by Crippen LogP contribution is 2.39. The van der Waals surface area contributed by atoms with Gasteiger partial charge in [-0.25, -0.2) is 0 Å². The second kappa shape index (κ2) is 13.7. The summed E-state index contributed by atoms with van der Waals surface area (Å²) in [5.74, 6) is 1.37. The van der Waals surface area contributed by atoms with Crippen molar-refractivity contribution in [3.8, 4) is 0 Å². The number of dihydropyridines is 1. The molecule has 1 aliphatic carbocycles. The molecule has 4 rings (SSSR count). The molecule has 1 saturated carbocycles. The maximum absolute atomic E-state index is 12.5. The number of non-ortho nitro benzene ring substituents is 1. The third-order valence-electron chi connectivity index (χ3n) is 8.88. The maximum atomic E-state index is 12.5. The Labute approximate surface area is 231 Å². The largest absolute Gasteiger partial charge is 0.360 e. The lowest BCUT2D eigenvalue weighted by molar-refractivity contribution is -0.384. The average molecular weight is 538 g/mol. The van der Waals surface area contributed by atoms with Gasteiger partial charge in [-0.2, -0.15) is 0 Å². The van der Waals surface area contributed by atoms with E-state index in [1.807, 2.05) is 13.8 Å². The molecule has 2 aliphatic heterocycles. The summed E-state index contributed by atoms with van der Waals surface area (Å²) in [6, 6.07) is 6.36. The molecular weight excluding hydrogens is 494 g/mol. The predicted molar refractivity (Wildman–Crippen MR) is 151 cm³/mol. The van der Waals surface area contributed by atoms with E-state index >= 15 is 0 Å². The van der Waals surface area contributed by atoms with Crippen molar-refractivity contribution in [2.75, 3.05) is 26.2 Å². The SMILES string of the molecule is CCC1=C(N(C=O)CCCN2CCC(C3CCCCC3)CC2)C(c2ccc([N+](=O)[O-])cc2)C(NC=O)=C(C)N1. The first-order chi connectivity index (χ1) is 19.0. The molecule has 1 unspecified atom stereocenters. The summed E-state index contributed by atoms with van der Waals surface area (Å²) in [5, 5.41) is 17.5. The number of nitrogens with one attached hydrogen (secondary N) is 2. The minimum absolute atomic E-state index is 0.000900. The lowest BCUT2D eigenvalue weighted by Crippen LogP contribution is -2.40. The normalized spacial score (nSPS) is 21.4. The number of carbonyl (C=O) groups is 2. The molecule has 3 aliphatic rings. The number of hydrogen-bond acceptors (Lipinski definition) is 6. The Bertz CT molecular complexity index is 1070. The van der Waals surface area contributed by atoms with Crippen LogP contribution in [0.4, 0.5) is 5.69 Å². The van der Waals surface area contributed by atoms with E-state index in [1.165, 1.54) is 57.1 Å². The molecule has 0 spiro atoms. The minimum Gasteiger partial charge on any atom is -0.360 e. The molecule has 9 nitrogen and oxygen atoms in total. The fourth-order valence-corrected chi connectivity index (χ4v) is 6.81. The van der Waals surface area contributed by atoms with Gasteiger partial charge in [-0.3, -0.25) is 19.7 Å². The third-order valence-corrected chi connectivity index (χ3v) is 8.88. The van der Waals surface area contributed by atoms with Crippen LogP contribution in [-0.4, -0.2) is 53.7 Å². The zero-order valence-electron chi connectivity index (χ0n) is 23.4. The number of nitro benzene ring substituents is 1. The smallest absolute Gasteiger partial charge is 0.269 e. The van der Waals surface area contributed by atoms with Gasteiger partial charge in [0.05, 0.1) is 22.2 Å². The number of benzene rings is 1. The summed E-state index contributed by atoms with van der Waals surface area (Å²) in [4.78, 5) is 39.1. The topological polar surface area (TPSA) is 108 Å². The lowest BCUT2D eigenvalue weighted by Gasteiger charge is -2.39. The van der Waals surface area contributed by atoms with Crippen LogP contribution < -0.4 is 10.6 Å². The van der Waals surface area contributed by atoms with Crippen LogP contribution >= 0.6 is 0 Å². The van der Waals surface area contributed by atoms with Crippen LogP contribution in [-0.2, 0) is 9.59 Å². The Morgan fingerprint density at radius 1 is 1.08 bits per heavy atom. The van der Waals surface area contributed by atoms with Crippen LogP contribution in [0.3, 0.4) is 0 Å². The number of piperidine rings is 1. The van der Waals surface area contributed by atoms with Crippen LogP contribution in [0.5, 0.6) is 0 Å². The molecule has 9 heteroatoms. The first-order valence-corrected chi connectivity index (χ1v) is 14.6. The van der Waals surface area contributed by atoms with E-state index in [0.29, 0.717) is 25.1 Å². The van der Waals surface area contributed by atoms with Crippen LogP contribution in [0.15, 0.2) is 47.1 Å². The van der Waals surface area contributed by atoms with Crippen molar-refractivity contribution >= 4 is 18.5 Å². The van der Waals surface area contributed by atoms with Crippen molar-refractivity contribution in [2.45, 2.75) is 77.6 Å². The molecule has 212 valence electrons. The highest BCUT2D eigenvalue weighted by Gasteiger charge is 2.34. The van der Waals surface area contributed by atoms with Gasteiger partial charge in [-0.05, 0) is 69.6 Å². The molecule has 0 bridgehead atoms. The Balaban J connectivity index is 1.46. The van der Waals surface area contributed by atoms with E-state index in [9.17, 15) is 19.7 Å². The monoisotopic (exact) mass is 537 g/mol. The maximum Gasteiger partial charge on any atom is 0.269 e. The van der Waals surface area contributed by atoms with Crippen LogP contribution in [0.1, 0.15) is 83.1 Å². The molecule has 0 aromatic heterocycles. The van der Waals surface area contributed by atoms with Gasteiger partial charge in [0.1, 0.15) is 0 Å². The number of carbonyl (C=O) groups excluding carboxylic acids is 2. The fraction of sp³-hybridized carbons (Fsp3) is 0.600. The zero-order chi connectivity index (χ0) is 27.8. The summed E-state index contributed by atoms with van der Waals surface area (Å²) < 4.78 is 0. The number of nitro groups is 1. The highest BCUT2D eigenvalue weighted by molar-refractivity contribution is 5.60. The molecule has 2 N–H and O–H groups in total. The van der Waals surface area contributed by atoms with E-state index in [1.54, 1.807) is 17.0 Å². The standard InChI is InChI=1S/C30H43N5O4/c1-3-27-30(28(29(31-20-36)22(2)32-27)25-10-12-26(13-11-25)35(38)39)34(21-37)17-7-16-33-18-14-24(15-19-33)23-8-5-4-6-9-23/h10-13,20-21,23-24,28,32H,3-9,14-19H2,1-2H3,(H,31,36). The van der Waals surface area contributed by atoms with E-state index < -0.39 is 10.8 Å². The van der Waals surface area contributed by atoms with Crippen molar-refractivity contribution in [3.05, 3.63) is 62.7 Å². The number of likely N-dealkylation sites (tertiary alicyclic amines) is 1. The molecule has 2 heterocycles.